The monoisotopic (exact) mass is 529 g/mol. The Kier molecular flexibility index (Phi) is 8.56. The Morgan fingerprint density at radius 1 is 0.972 bits per heavy atom. The number of anilines is 1. The molecule has 0 fully saturated rings. The van der Waals surface area contributed by atoms with Crippen LogP contribution in [0, 0.1) is 0 Å². The Morgan fingerprint density at radius 3 is 2.36 bits per heavy atom. The molecule has 0 bridgehead atoms. The molecule has 0 aliphatic rings. The van der Waals surface area contributed by atoms with E-state index in [4.69, 9.17) is 4.74 Å². The highest BCUT2D eigenvalue weighted by Gasteiger charge is 2.21. The maximum atomic E-state index is 12.6. The molecule has 0 aliphatic heterocycles. The molecule has 0 saturated heterocycles. The molecule has 0 aliphatic carbocycles. The summed E-state index contributed by atoms with van der Waals surface area (Å²) >= 11 is 1.19. The topological polar surface area (TPSA) is 148 Å². The summed E-state index contributed by atoms with van der Waals surface area (Å²) in [7, 11) is -4.13. The first-order valence-electron chi connectivity index (χ1n) is 10.7. The van der Waals surface area contributed by atoms with Crippen LogP contribution in [-0.2, 0) is 24.3 Å². The van der Waals surface area contributed by atoms with Crippen LogP contribution in [0.15, 0.2) is 65.6 Å². The minimum atomic E-state index is -4.13. The highest BCUT2D eigenvalue weighted by Crippen LogP contribution is 2.35. The van der Waals surface area contributed by atoms with Gasteiger partial charge in [0.05, 0.1) is 23.6 Å². The minimum absolute atomic E-state index is 0.0241. The number of hydrogen-bond acceptors (Lipinski definition) is 8. The van der Waals surface area contributed by atoms with Crippen molar-refractivity contribution in [1.82, 2.24) is 10.0 Å². The fourth-order valence-corrected chi connectivity index (χ4v) is 5.18. The van der Waals surface area contributed by atoms with Crippen LogP contribution in [-0.4, -0.2) is 45.3 Å². The lowest BCUT2D eigenvalue weighted by atomic mass is 10.1. The number of sulfonamides is 1. The lowest BCUT2D eigenvalue weighted by molar-refractivity contribution is -0.117. The largest absolute Gasteiger partial charge is 0.462 e. The quantitative estimate of drug-likeness (QED) is 0.361. The van der Waals surface area contributed by atoms with E-state index in [9.17, 15) is 27.6 Å². The van der Waals surface area contributed by atoms with E-state index in [0.717, 1.165) is 23.4 Å². The molecule has 3 amide bonds. The number of nitrogens with one attached hydrogen (secondary N) is 3. The molecule has 10 nitrogen and oxygen atoms in total. The van der Waals surface area contributed by atoms with Crippen LogP contribution in [0.1, 0.15) is 34.6 Å². The van der Waals surface area contributed by atoms with E-state index in [1.54, 1.807) is 13.0 Å². The van der Waals surface area contributed by atoms with Crippen molar-refractivity contribution in [2.45, 2.75) is 18.7 Å². The Hall–Kier alpha value is -4.03. The van der Waals surface area contributed by atoms with Crippen LogP contribution in [0.5, 0.6) is 0 Å². The number of ether oxygens (including phenoxy) is 1. The molecular weight excluding hydrogens is 506 g/mol. The van der Waals surface area contributed by atoms with Crippen LogP contribution < -0.4 is 15.4 Å². The Morgan fingerprint density at radius 2 is 1.69 bits per heavy atom. The number of carbonyl (C=O) groups is 4. The first-order valence-corrected chi connectivity index (χ1v) is 13.0. The molecule has 0 spiro atoms. The van der Waals surface area contributed by atoms with Gasteiger partial charge in [0, 0.05) is 17.4 Å². The lowest BCUT2D eigenvalue weighted by Gasteiger charge is -2.09. The molecule has 188 valence electrons. The summed E-state index contributed by atoms with van der Waals surface area (Å²) in [4.78, 5) is 49.1. The molecule has 0 radical (unpaired) electrons. The molecule has 3 aromatic rings. The summed E-state index contributed by atoms with van der Waals surface area (Å²) in [5.74, 6) is -2.66. The second-order valence-corrected chi connectivity index (χ2v) is 10.1. The number of esters is 1. The number of rotatable bonds is 9. The summed E-state index contributed by atoms with van der Waals surface area (Å²) in [6, 6.07) is 15.9. The van der Waals surface area contributed by atoms with Gasteiger partial charge in [-0.3, -0.25) is 14.4 Å². The van der Waals surface area contributed by atoms with Gasteiger partial charge in [0.2, 0.25) is 11.8 Å². The zero-order chi connectivity index (χ0) is 26.3. The van der Waals surface area contributed by atoms with Crippen LogP contribution in [0.3, 0.4) is 0 Å². The fraction of sp³-hybridized carbons (Fsp3) is 0.167. The maximum Gasteiger partial charge on any atom is 0.341 e. The molecule has 0 unspecified atom stereocenters. The first-order chi connectivity index (χ1) is 17.1. The summed E-state index contributed by atoms with van der Waals surface area (Å²) in [6.45, 7) is 2.45. The van der Waals surface area contributed by atoms with Crippen molar-refractivity contribution >= 4 is 50.1 Å². The number of amides is 3. The van der Waals surface area contributed by atoms with Gasteiger partial charge in [-0.25, -0.2) is 17.9 Å². The third kappa shape index (κ3) is 6.77. The van der Waals surface area contributed by atoms with Crippen molar-refractivity contribution in [2.75, 3.05) is 18.5 Å². The molecule has 0 atom stereocenters. The van der Waals surface area contributed by atoms with Gasteiger partial charge in [-0.15, -0.1) is 11.3 Å². The third-order valence-corrected chi connectivity index (χ3v) is 7.16. The fourth-order valence-electron chi connectivity index (χ4n) is 3.08. The van der Waals surface area contributed by atoms with E-state index < -0.39 is 40.3 Å². The third-order valence-electron chi connectivity index (χ3n) is 4.63. The average Bonchev–Trinajstić information content (AvgIpc) is 3.26. The highest BCUT2D eigenvalue weighted by molar-refractivity contribution is 7.90. The van der Waals surface area contributed by atoms with Gasteiger partial charge in [-0.1, -0.05) is 36.4 Å². The molecule has 2 aromatic carbocycles. The van der Waals surface area contributed by atoms with Gasteiger partial charge >= 0.3 is 5.97 Å². The zero-order valence-electron chi connectivity index (χ0n) is 19.4. The smallest absolute Gasteiger partial charge is 0.341 e. The van der Waals surface area contributed by atoms with Crippen molar-refractivity contribution in [3.63, 3.8) is 0 Å². The van der Waals surface area contributed by atoms with E-state index in [1.165, 1.54) is 29.5 Å². The SMILES string of the molecule is CCOC(=O)c1cc(-c2ccccc2)sc1NC(=O)CNC(=O)c1cccc(S(=O)(=O)NC(C)=O)c1. The minimum Gasteiger partial charge on any atom is -0.462 e. The predicted molar refractivity (Wildman–Crippen MR) is 134 cm³/mol. The van der Waals surface area contributed by atoms with Crippen molar-refractivity contribution in [1.29, 1.82) is 0 Å². The maximum absolute atomic E-state index is 12.6. The lowest BCUT2D eigenvalue weighted by Crippen LogP contribution is -2.33. The van der Waals surface area contributed by atoms with Crippen LogP contribution >= 0.6 is 11.3 Å². The summed E-state index contributed by atoms with van der Waals surface area (Å²) in [5, 5.41) is 5.30. The molecule has 3 N–H and O–H groups in total. The Balaban J connectivity index is 1.71. The molecule has 1 heterocycles. The highest BCUT2D eigenvalue weighted by atomic mass is 32.2. The van der Waals surface area contributed by atoms with Crippen LogP contribution in [0.2, 0.25) is 0 Å². The number of benzene rings is 2. The van der Waals surface area contributed by atoms with Gasteiger partial charge in [-0.05, 0) is 36.8 Å². The van der Waals surface area contributed by atoms with Crippen LogP contribution in [0.4, 0.5) is 5.00 Å². The van der Waals surface area contributed by atoms with Gasteiger partial charge in [0.15, 0.2) is 0 Å². The average molecular weight is 530 g/mol. The van der Waals surface area contributed by atoms with Crippen molar-refractivity contribution in [2.24, 2.45) is 0 Å². The molecule has 0 saturated carbocycles. The summed E-state index contributed by atoms with van der Waals surface area (Å²) < 4.78 is 31.2. The molecule has 36 heavy (non-hydrogen) atoms. The van der Waals surface area contributed by atoms with E-state index in [0.29, 0.717) is 0 Å². The van der Waals surface area contributed by atoms with Gasteiger partial charge in [0.25, 0.3) is 15.9 Å². The van der Waals surface area contributed by atoms with Crippen LogP contribution in [0.25, 0.3) is 10.4 Å². The molecule has 3 rings (SSSR count). The van der Waals surface area contributed by atoms with Crippen molar-refractivity contribution < 1.29 is 32.3 Å². The number of thiophene rings is 1. The van der Waals surface area contributed by atoms with Crippen molar-refractivity contribution in [3.05, 3.63) is 71.8 Å². The second-order valence-electron chi connectivity index (χ2n) is 7.36. The van der Waals surface area contributed by atoms with Gasteiger partial charge < -0.3 is 15.4 Å². The normalized spacial score (nSPS) is 10.8. The van der Waals surface area contributed by atoms with E-state index in [-0.39, 0.29) is 27.6 Å². The number of carbonyl (C=O) groups excluding carboxylic acids is 4. The van der Waals surface area contributed by atoms with Gasteiger partial charge in [-0.2, -0.15) is 0 Å². The second kappa shape index (κ2) is 11.6. The first kappa shape index (κ1) is 26.6. The predicted octanol–water partition coefficient (Wildman–Crippen LogP) is 2.79. The number of hydrogen-bond donors (Lipinski definition) is 3. The summed E-state index contributed by atoms with van der Waals surface area (Å²) in [6.07, 6.45) is 0. The molecule has 1 aromatic heterocycles. The Bertz CT molecular complexity index is 1400. The Labute approximate surface area is 211 Å². The molecule has 12 heteroatoms. The van der Waals surface area contributed by atoms with E-state index in [1.807, 2.05) is 35.1 Å². The van der Waals surface area contributed by atoms with Crippen molar-refractivity contribution in [3.8, 4) is 10.4 Å². The van der Waals surface area contributed by atoms with E-state index >= 15 is 0 Å². The van der Waals surface area contributed by atoms with Gasteiger partial charge in [0.1, 0.15) is 5.00 Å². The van der Waals surface area contributed by atoms with E-state index in [2.05, 4.69) is 10.6 Å². The molecular formula is C24H23N3O7S2. The summed E-state index contributed by atoms with van der Waals surface area (Å²) in [5.41, 5.74) is 1.02. The zero-order valence-corrected chi connectivity index (χ0v) is 21.0. The standard InChI is InChI=1S/C24H23N3O7S2/c1-3-34-24(31)19-13-20(16-8-5-4-6-9-16)35-23(19)26-21(29)14-25-22(30)17-10-7-11-18(12-17)36(32,33)27-15(2)28/h4-13H,3,14H2,1-2H3,(H,25,30)(H,26,29)(H,27,28).